The molecule has 2 aliphatic rings. The highest BCUT2D eigenvalue weighted by atomic mass is 19.1. The summed E-state index contributed by atoms with van der Waals surface area (Å²) in [6.07, 6.45) is 6.82. The van der Waals surface area contributed by atoms with Crippen LogP contribution in [0.25, 0.3) is 22.1 Å². The zero-order chi connectivity index (χ0) is 22.1. The predicted octanol–water partition coefficient (Wildman–Crippen LogP) is 4.17. The second-order valence-electron chi connectivity index (χ2n) is 8.64. The first-order valence-corrected chi connectivity index (χ1v) is 11.2. The third kappa shape index (κ3) is 4.38. The lowest BCUT2D eigenvalue weighted by Crippen LogP contribution is -2.45. The van der Waals surface area contributed by atoms with Crippen molar-refractivity contribution in [1.82, 2.24) is 14.9 Å². The largest absolute Gasteiger partial charge is 0.441 e. The number of nitrogens with one attached hydrogen (secondary N) is 1. The summed E-state index contributed by atoms with van der Waals surface area (Å²) in [6, 6.07) is 5.49. The first-order chi connectivity index (χ1) is 15.6. The van der Waals surface area contributed by atoms with Gasteiger partial charge in [0.2, 0.25) is 5.91 Å². The van der Waals surface area contributed by atoms with Crippen LogP contribution in [0.2, 0.25) is 0 Å². The maximum absolute atomic E-state index is 14.6. The second-order valence-corrected chi connectivity index (χ2v) is 8.64. The Morgan fingerprint density at radius 3 is 2.59 bits per heavy atom. The molecule has 5 rings (SSSR count). The summed E-state index contributed by atoms with van der Waals surface area (Å²) < 4.78 is 25.6. The van der Waals surface area contributed by atoms with Crippen molar-refractivity contribution in [2.45, 2.75) is 38.6 Å². The molecule has 1 saturated heterocycles. The molecule has 1 saturated carbocycles. The lowest BCUT2D eigenvalue weighted by Gasteiger charge is -2.38. The number of ether oxygens (including phenoxy) is 1. The molecule has 0 unspecified atom stereocenters. The zero-order valence-corrected chi connectivity index (χ0v) is 18.1. The standard InChI is InChI=1S/C24H27FN4O3/c1-15-26-14-22(32-15)18-10-17-12-23(27-13-20(17)21(25)11-18)28-24(30)16-2-4-19(5-3-16)29-6-8-31-9-7-29/h10-14,16,19H,2-9H2,1H3,(H,27,28,30)/t16-,19-. The minimum Gasteiger partial charge on any atom is -0.441 e. The van der Waals surface area contributed by atoms with Gasteiger partial charge in [-0.05, 0) is 49.3 Å². The van der Waals surface area contributed by atoms with Gasteiger partial charge in [0.1, 0.15) is 11.6 Å². The van der Waals surface area contributed by atoms with E-state index in [2.05, 4.69) is 20.2 Å². The Balaban J connectivity index is 1.27. The monoisotopic (exact) mass is 438 g/mol. The average Bonchev–Trinajstić information content (AvgIpc) is 3.26. The van der Waals surface area contributed by atoms with E-state index in [0.29, 0.717) is 39.8 Å². The molecule has 3 aromatic rings. The van der Waals surface area contributed by atoms with Crippen LogP contribution in [0.15, 0.2) is 35.0 Å². The number of benzene rings is 1. The van der Waals surface area contributed by atoms with Gasteiger partial charge in [-0.15, -0.1) is 0 Å². The number of anilines is 1. The fourth-order valence-electron chi connectivity index (χ4n) is 4.79. The first-order valence-electron chi connectivity index (χ1n) is 11.2. The van der Waals surface area contributed by atoms with E-state index in [-0.39, 0.29) is 11.8 Å². The van der Waals surface area contributed by atoms with Gasteiger partial charge in [-0.1, -0.05) is 0 Å². The molecule has 7 nitrogen and oxygen atoms in total. The molecule has 2 fully saturated rings. The van der Waals surface area contributed by atoms with E-state index in [9.17, 15) is 9.18 Å². The van der Waals surface area contributed by atoms with Gasteiger partial charge in [-0.3, -0.25) is 9.69 Å². The summed E-state index contributed by atoms with van der Waals surface area (Å²) in [4.78, 5) is 23.7. The number of morpholine rings is 1. The molecule has 3 heterocycles. The van der Waals surface area contributed by atoms with Crippen molar-refractivity contribution in [3.63, 3.8) is 0 Å². The smallest absolute Gasteiger partial charge is 0.228 e. The van der Waals surface area contributed by atoms with Crippen molar-refractivity contribution < 1.29 is 18.3 Å². The minimum absolute atomic E-state index is 0.0141. The van der Waals surface area contributed by atoms with Gasteiger partial charge in [0.15, 0.2) is 11.7 Å². The van der Waals surface area contributed by atoms with Gasteiger partial charge in [0.05, 0.1) is 19.4 Å². The van der Waals surface area contributed by atoms with E-state index in [0.717, 1.165) is 52.0 Å². The maximum Gasteiger partial charge on any atom is 0.228 e. The number of fused-ring (bicyclic) bond motifs is 1. The lowest BCUT2D eigenvalue weighted by atomic mass is 9.84. The van der Waals surface area contributed by atoms with Crippen LogP contribution in [-0.2, 0) is 9.53 Å². The Morgan fingerprint density at radius 2 is 1.88 bits per heavy atom. The number of oxazole rings is 1. The van der Waals surface area contributed by atoms with Gasteiger partial charge in [0, 0.05) is 49.1 Å². The van der Waals surface area contributed by atoms with E-state index >= 15 is 0 Å². The molecular weight excluding hydrogens is 411 g/mol. The van der Waals surface area contributed by atoms with Crippen LogP contribution in [0.5, 0.6) is 0 Å². The number of carbonyl (C=O) groups excluding carboxylic acids is 1. The van der Waals surface area contributed by atoms with Crippen LogP contribution in [0.4, 0.5) is 10.2 Å². The Labute approximate surface area is 186 Å². The number of nitrogens with zero attached hydrogens (tertiary/aromatic N) is 3. The number of hydrogen-bond donors (Lipinski definition) is 1. The normalized spacial score (nSPS) is 22.2. The molecule has 8 heteroatoms. The van der Waals surface area contributed by atoms with Crippen LogP contribution in [0, 0.1) is 18.7 Å². The van der Waals surface area contributed by atoms with Gasteiger partial charge in [-0.2, -0.15) is 0 Å². The molecule has 1 aliphatic carbocycles. The van der Waals surface area contributed by atoms with Gasteiger partial charge in [0.25, 0.3) is 0 Å². The average molecular weight is 439 g/mol. The Morgan fingerprint density at radius 1 is 1.09 bits per heavy atom. The number of pyridine rings is 1. The van der Waals surface area contributed by atoms with E-state index in [1.165, 1.54) is 12.3 Å². The van der Waals surface area contributed by atoms with Crippen LogP contribution in [-0.4, -0.2) is 53.1 Å². The van der Waals surface area contributed by atoms with Crippen molar-refractivity contribution in [1.29, 1.82) is 0 Å². The summed E-state index contributed by atoms with van der Waals surface area (Å²) in [5.41, 5.74) is 0.598. The molecule has 0 radical (unpaired) electrons. The number of aromatic nitrogens is 2. The lowest BCUT2D eigenvalue weighted by molar-refractivity contribution is -0.121. The van der Waals surface area contributed by atoms with Crippen LogP contribution < -0.4 is 5.32 Å². The van der Waals surface area contributed by atoms with Gasteiger partial charge < -0.3 is 14.5 Å². The second kappa shape index (κ2) is 8.96. The van der Waals surface area contributed by atoms with E-state index in [4.69, 9.17) is 9.15 Å². The van der Waals surface area contributed by atoms with Crippen LogP contribution in [0.3, 0.4) is 0 Å². The highest BCUT2D eigenvalue weighted by molar-refractivity contribution is 5.95. The highest BCUT2D eigenvalue weighted by Crippen LogP contribution is 2.31. The van der Waals surface area contributed by atoms with Crippen molar-refractivity contribution in [2.75, 3.05) is 31.6 Å². The van der Waals surface area contributed by atoms with Gasteiger partial charge >= 0.3 is 0 Å². The molecule has 0 spiro atoms. The van der Waals surface area contributed by atoms with Crippen LogP contribution in [0.1, 0.15) is 31.6 Å². The molecule has 1 aromatic carbocycles. The molecule has 1 N–H and O–H groups in total. The third-order valence-corrected chi connectivity index (χ3v) is 6.57. The number of halogens is 1. The molecule has 1 amide bonds. The third-order valence-electron chi connectivity index (χ3n) is 6.57. The zero-order valence-electron chi connectivity index (χ0n) is 18.1. The summed E-state index contributed by atoms with van der Waals surface area (Å²) in [5, 5.41) is 3.98. The summed E-state index contributed by atoms with van der Waals surface area (Å²) in [5.74, 6) is 1.03. The quantitative estimate of drug-likeness (QED) is 0.659. The van der Waals surface area contributed by atoms with Crippen LogP contribution >= 0.6 is 0 Å². The van der Waals surface area contributed by atoms with Crippen molar-refractivity contribution in [3.05, 3.63) is 42.3 Å². The Hall–Kier alpha value is -2.84. The minimum atomic E-state index is -0.390. The Bertz CT molecular complexity index is 1120. The summed E-state index contributed by atoms with van der Waals surface area (Å²) >= 11 is 0. The van der Waals surface area contributed by atoms with E-state index in [1.807, 2.05) is 6.07 Å². The molecule has 32 heavy (non-hydrogen) atoms. The SMILES string of the molecule is Cc1ncc(-c2cc(F)c3cnc(NC(=O)[C@H]4CC[C@H](N5CCOCC5)CC4)cc3c2)o1. The molecule has 0 bridgehead atoms. The number of aryl methyl sites for hydroxylation is 1. The topological polar surface area (TPSA) is 80.5 Å². The number of hydrogen-bond acceptors (Lipinski definition) is 6. The molecule has 0 atom stereocenters. The molecular formula is C24H27FN4O3. The first kappa shape index (κ1) is 21.0. The van der Waals surface area contributed by atoms with E-state index < -0.39 is 5.82 Å². The Kier molecular flexibility index (Phi) is 5.89. The molecule has 2 aromatic heterocycles. The fraction of sp³-hybridized carbons (Fsp3) is 0.458. The number of rotatable bonds is 4. The highest BCUT2D eigenvalue weighted by Gasteiger charge is 2.30. The van der Waals surface area contributed by atoms with Gasteiger partial charge in [-0.25, -0.2) is 14.4 Å². The molecule has 168 valence electrons. The maximum atomic E-state index is 14.6. The number of amides is 1. The summed E-state index contributed by atoms with van der Waals surface area (Å²) in [7, 11) is 0. The summed E-state index contributed by atoms with van der Waals surface area (Å²) in [6.45, 7) is 5.30. The molecule has 1 aliphatic heterocycles. The number of carbonyl (C=O) groups is 1. The predicted molar refractivity (Wildman–Crippen MR) is 119 cm³/mol. The van der Waals surface area contributed by atoms with E-state index in [1.54, 1.807) is 19.2 Å². The van der Waals surface area contributed by atoms with Crippen molar-refractivity contribution in [2.24, 2.45) is 5.92 Å². The van der Waals surface area contributed by atoms with Crippen molar-refractivity contribution >= 4 is 22.5 Å². The fourth-order valence-corrected chi connectivity index (χ4v) is 4.79. The van der Waals surface area contributed by atoms with Crippen molar-refractivity contribution in [3.8, 4) is 11.3 Å².